The van der Waals surface area contributed by atoms with Crippen molar-refractivity contribution in [3.8, 4) is 5.88 Å². The van der Waals surface area contributed by atoms with Gasteiger partial charge in [-0.15, -0.1) is 0 Å². The van der Waals surface area contributed by atoms with Gasteiger partial charge in [0, 0.05) is 11.7 Å². The summed E-state index contributed by atoms with van der Waals surface area (Å²) in [6, 6.07) is 3.44. The molecule has 1 aliphatic heterocycles. The van der Waals surface area contributed by atoms with E-state index in [2.05, 4.69) is 4.98 Å². The Morgan fingerprint density at radius 3 is 3.36 bits per heavy atom. The van der Waals surface area contributed by atoms with E-state index < -0.39 is 7.12 Å². The Kier molecular flexibility index (Phi) is 1.52. The minimum atomic E-state index is -0.896. The van der Waals surface area contributed by atoms with Crippen molar-refractivity contribution in [3.63, 3.8) is 0 Å². The maximum absolute atomic E-state index is 9.22. The van der Waals surface area contributed by atoms with Gasteiger partial charge in [-0.2, -0.15) is 0 Å². The van der Waals surface area contributed by atoms with Gasteiger partial charge >= 0.3 is 7.12 Å². The van der Waals surface area contributed by atoms with Crippen molar-refractivity contribution in [2.45, 2.75) is 0 Å². The van der Waals surface area contributed by atoms with E-state index >= 15 is 0 Å². The summed E-state index contributed by atoms with van der Waals surface area (Å²) < 4.78 is 9.80. The molecule has 1 aromatic heterocycles. The van der Waals surface area contributed by atoms with Crippen molar-refractivity contribution < 1.29 is 14.4 Å². The van der Waals surface area contributed by atoms with E-state index in [1.165, 1.54) is 0 Å². The van der Waals surface area contributed by atoms with E-state index in [-0.39, 0.29) is 6.79 Å². The fourth-order valence-corrected chi connectivity index (χ4v) is 0.956. The van der Waals surface area contributed by atoms with Gasteiger partial charge in [-0.1, -0.05) is 6.07 Å². The number of aromatic nitrogens is 1. The Balaban J connectivity index is 2.44. The first kappa shape index (κ1) is 6.63. The molecule has 0 saturated carbocycles. The lowest BCUT2D eigenvalue weighted by molar-refractivity contribution is 0.0879. The van der Waals surface area contributed by atoms with Crippen molar-refractivity contribution >= 4 is 12.6 Å². The highest BCUT2D eigenvalue weighted by Gasteiger charge is 2.26. The molecule has 0 fully saturated rings. The Morgan fingerprint density at radius 2 is 2.55 bits per heavy atom. The first-order chi connectivity index (χ1) is 5.38. The first-order valence-corrected chi connectivity index (χ1v) is 3.25. The lowest BCUT2D eigenvalue weighted by Crippen LogP contribution is -2.40. The number of ether oxygens (including phenoxy) is 1. The van der Waals surface area contributed by atoms with Crippen molar-refractivity contribution in [3.05, 3.63) is 18.3 Å². The zero-order valence-electron chi connectivity index (χ0n) is 5.73. The molecule has 1 aromatic rings. The smallest absolute Gasteiger partial charge is 0.452 e. The van der Waals surface area contributed by atoms with Gasteiger partial charge in [-0.05, 0) is 6.07 Å². The average molecular weight is 151 g/mol. The molecule has 11 heavy (non-hydrogen) atoms. The molecule has 1 aliphatic rings. The van der Waals surface area contributed by atoms with Gasteiger partial charge in [0.15, 0.2) is 6.79 Å². The molecule has 0 aliphatic carbocycles. The van der Waals surface area contributed by atoms with E-state index in [1.54, 1.807) is 18.3 Å². The highest BCUT2D eigenvalue weighted by atomic mass is 16.7. The average Bonchev–Trinajstić information content (AvgIpc) is 2.06. The third-order valence-corrected chi connectivity index (χ3v) is 1.49. The third kappa shape index (κ3) is 1.08. The molecule has 2 heterocycles. The van der Waals surface area contributed by atoms with E-state index in [0.29, 0.717) is 11.3 Å². The molecule has 0 aromatic carbocycles. The highest BCUT2D eigenvalue weighted by Crippen LogP contribution is 2.07. The van der Waals surface area contributed by atoms with Crippen LogP contribution in [0.15, 0.2) is 18.3 Å². The number of rotatable bonds is 0. The van der Waals surface area contributed by atoms with Gasteiger partial charge in [-0.3, -0.25) is 0 Å². The number of fused-ring (bicyclic) bond motifs is 1. The van der Waals surface area contributed by atoms with Crippen molar-refractivity contribution in [1.82, 2.24) is 4.98 Å². The summed E-state index contributed by atoms with van der Waals surface area (Å²) in [6.07, 6.45) is 1.61. The predicted molar refractivity (Wildman–Crippen MR) is 38.4 cm³/mol. The maximum Gasteiger partial charge on any atom is 0.499 e. The Hall–Kier alpha value is -1.07. The summed E-state index contributed by atoms with van der Waals surface area (Å²) in [5.41, 5.74) is 0.582. The summed E-state index contributed by atoms with van der Waals surface area (Å²) in [6.45, 7) is 0.0607. The second-order valence-corrected chi connectivity index (χ2v) is 2.18. The number of hydrogen-bond donors (Lipinski definition) is 1. The van der Waals surface area contributed by atoms with Gasteiger partial charge in [0.05, 0.1) is 0 Å². The minimum absolute atomic E-state index is 0.0607. The van der Waals surface area contributed by atoms with Crippen molar-refractivity contribution in [2.75, 3.05) is 6.79 Å². The summed E-state index contributed by atoms with van der Waals surface area (Å²) in [7, 11) is -0.896. The second kappa shape index (κ2) is 2.52. The van der Waals surface area contributed by atoms with Crippen LogP contribution in [0.4, 0.5) is 0 Å². The normalized spacial score (nSPS) is 15.5. The molecule has 0 spiro atoms. The fraction of sp³-hybridized carbons (Fsp3) is 0.167. The zero-order valence-corrected chi connectivity index (χ0v) is 5.73. The topological polar surface area (TPSA) is 51.6 Å². The zero-order chi connectivity index (χ0) is 7.68. The Bertz CT molecular complexity index is 268. The molecule has 0 atom stereocenters. The highest BCUT2D eigenvalue weighted by molar-refractivity contribution is 6.61. The van der Waals surface area contributed by atoms with Gasteiger partial charge < -0.3 is 14.4 Å². The molecule has 0 unspecified atom stereocenters. The predicted octanol–water partition coefficient (Wildman–Crippen LogP) is -0.864. The molecular formula is C6H6BNO3. The van der Waals surface area contributed by atoms with Crippen LogP contribution in [0.5, 0.6) is 5.88 Å². The third-order valence-electron chi connectivity index (χ3n) is 1.49. The van der Waals surface area contributed by atoms with E-state index in [0.717, 1.165) is 0 Å². The molecular weight excluding hydrogens is 145 g/mol. The molecule has 0 saturated heterocycles. The molecule has 1 N–H and O–H groups in total. The van der Waals surface area contributed by atoms with Gasteiger partial charge in [0.25, 0.3) is 0 Å². The fourth-order valence-electron chi connectivity index (χ4n) is 0.956. The minimum Gasteiger partial charge on any atom is -0.452 e. The van der Waals surface area contributed by atoms with Crippen LogP contribution in [0.25, 0.3) is 0 Å². The van der Waals surface area contributed by atoms with Gasteiger partial charge in [0.1, 0.15) is 0 Å². The molecule has 0 radical (unpaired) electrons. The van der Waals surface area contributed by atoms with Gasteiger partial charge in [-0.25, -0.2) is 4.98 Å². The maximum atomic E-state index is 9.22. The second-order valence-electron chi connectivity index (χ2n) is 2.18. The molecule has 4 nitrogen and oxygen atoms in total. The molecule has 0 amide bonds. The van der Waals surface area contributed by atoms with Crippen LogP contribution in [0.1, 0.15) is 0 Å². The van der Waals surface area contributed by atoms with Crippen molar-refractivity contribution in [2.24, 2.45) is 0 Å². The van der Waals surface area contributed by atoms with Crippen LogP contribution >= 0.6 is 0 Å². The van der Waals surface area contributed by atoms with E-state index in [4.69, 9.17) is 9.39 Å². The summed E-state index contributed by atoms with van der Waals surface area (Å²) in [5, 5.41) is 9.22. The summed E-state index contributed by atoms with van der Waals surface area (Å²) in [5.74, 6) is 0.450. The molecule has 2 rings (SSSR count). The first-order valence-electron chi connectivity index (χ1n) is 3.25. The van der Waals surface area contributed by atoms with Crippen molar-refractivity contribution in [1.29, 1.82) is 0 Å². The Morgan fingerprint density at radius 1 is 1.64 bits per heavy atom. The van der Waals surface area contributed by atoms with Crippen LogP contribution in [-0.2, 0) is 4.65 Å². The number of nitrogens with zero attached hydrogens (tertiary/aromatic N) is 1. The molecule has 5 heteroatoms. The number of pyridine rings is 1. The standard InChI is InChI=1S/C6H6BNO3/c9-7-5-2-1-3-8-6(5)10-4-11-7/h1-3,9H,4H2. The van der Waals surface area contributed by atoms with Crippen LogP contribution in [0, 0.1) is 0 Å². The van der Waals surface area contributed by atoms with Gasteiger partial charge in [0.2, 0.25) is 5.88 Å². The summed E-state index contributed by atoms with van der Waals surface area (Å²) in [4.78, 5) is 3.91. The van der Waals surface area contributed by atoms with E-state index in [1.807, 2.05) is 0 Å². The van der Waals surface area contributed by atoms with E-state index in [9.17, 15) is 5.02 Å². The quantitative estimate of drug-likeness (QED) is 0.490. The SMILES string of the molecule is OB1OCOc2ncccc21. The Labute approximate surface area is 63.9 Å². The largest absolute Gasteiger partial charge is 0.499 e. The monoisotopic (exact) mass is 151 g/mol. The van der Waals surface area contributed by atoms with Crippen LogP contribution in [0.3, 0.4) is 0 Å². The van der Waals surface area contributed by atoms with Crippen LogP contribution in [-0.4, -0.2) is 23.9 Å². The van der Waals surface area contributed by atoms with Crippen LogP contribution in [0.2, 0.25) is 0 Å². The lowest BCUT2D eigenvalue weighted by atomic mass is 9.80. The number of hydrogen-bond acceptors (Lipinski definition) is 4. The van der Waals surface area contributed by atoms with Crippen LogP contribution < -0.4 is 10.2 Å². The molecule has 0 bridgehead atoms. The molecule has 56 valence electrons. The lowest BCUT2D eigenvalue weighted by Gasteiger charge is -2.17. The summed E-state index contributed by atoms with van der Waals surface area (Å²) >= 11 is 0.